The molecule has 0 unspecified atom stereocenters. The Kier molecular flexibility index (Phi) is 17.5. The van der Waals surface area contributed by atoms with Gasteiger partial charge in [0.1, 0.15) is 0 Å². The van der Waals surface area contributed by atoms with E-state index in [2.05, 4.69) is 71.9 Å². The number of carbonyl (C=O) groups excluding carboxylic acids is 2. The van der Waals surface area contributed by atoms with E-state index < -0.39 is 17.3 Å². The number of hydrogen-bond acceptors (Lipinski definition) is 4. The third-order valence-electron chi connectivity index (χ3n) is 7.76. The number of hydrogen-bond donors (Lipinski definition) is 0. The van der Waals surface area contributed by atoms with Crippen molar-refractivity contribution in [2.24, 2.45) is 0 Å². The third-order valence-corrected chi connectivity index (χ3v) is 7.76. The number of rotatable bonds is 18. The molecule has 0 saturated heterocycles. The van der Waals surface area contributed by atoms with Gasteiger partial charge < -0.3 is 9.84 Å². The summed E-state index contributed by atoms with van der Waals surface area (Å²) in [6, 6.07) is 0. The van der Waals surface area contributed by atoms with Gasteiger partial charge in [0, 0.05) is 11.1 Å². The monoisotopic (exact) mass is 575 g/mol. The van der Waals surface area contributed by atoms with Gasteiger partial charge in [0.05, 0.1) is 7.11 Å². The Morgan fingerprint density at radius 1 is 0.595 bits per heavy atom. The number of carbonyl (C=O) groups is 2. The Balaban J connectivity index is 2.39. The Bertz CT molecular complexity index is 1190. The number of ketones is 2. The van der Waals surface area contributed by atoms with Crippen LogP contribution in [-0.4, -0.2) is 18.7 Å². The van der Waals surface area contributed by atoms with Crippen molar-refractivity contribution in [1.29, 1.82) is 0 Å². The molecule has 0 atom stereocenters. The predicted molar refractivity (Wildman–Crippen MR) is 176 cm³/mol. The molecule has 4 heteroatoms. The zero-order chi connectivity index (χ0) is 31.7. The molecule has 0 fully saturated rings. The summed E-state index contributed by atoms with van der Waals surface area (Å²) < 4.78 is 4.90. The van der Waals surface area contributed by atoms with Crippen LogP contribution < -0.4 is 5.11 Å². The molecule has 0 heterocycles. The lowest BCUT2D eigenvalue weighted by Gasteiger charge is -2.23. The molecule has 1 aliphatic carbocycles. The number of ether oxygens (including phenoxy) is 1. The molecule has 4 nitrogen and oxygen atoms in total. The Morgan fingerprint density at radius 2 is 0.952 bits per heavy atom. The number of allylic oxidation sites excluding steroid dienone is 14. The lowest BCUT2D eigenvalue weighted by molar-refractivity contribution is -0.301. The SMILES string of the molecule is COC1=C([O-])C(=O)C(C)=C(C/C=C(\C)CC/C=C(\C)CC/C=C(\C)CC/C=C(\C)CC/C=C(\C)CCC=C(C)C)C1=O. The second kappa shape index (κ2) is 19.9. The van der Waals surface area contributed by atoms with Crippen LogP contribution in [0.25, 0.3) is 0 Å². The average Bonchev–Trinajstić information content (AvgIpc) is 2.92. The highest BCUT2D eigenvalue weighted by Gasteiger charge is 2.28. The topological polar surface area (TPSA) is 66.4 Å². The second-order valence-electron chi connectivity index (χ2n) is 12.1. The third kappa shape index (κ3) is 14.2. The van der Waals surface area contributed by atoms with Crippen LogP contribution in [0, 0.1) is 0 Å². The molecule has 0 bridgehead atoms. The Morgan fingerprint density at radius 3 is 1.31 bits per heavy atom. The van der Waals surface area contributed by atoms with E-state index in [1.54, 1.807) is 6.92 Å². The highest BCUT2D eigenvalue weighted by molar-refractivity contribution is 6.23. The lowest BCUT2D eigenvalue weighted by atomic mass is 9.90. The summed E-state index contributed by atoms with van der Waals surface area (Å²) in [5.74, 6) is -2.35. The Labute approximate surface area is 256 Å². The van der Waals surface area contributed by atoms with E-state index in [9.17, 15) is 14.7 Å². The molecule has 0 aliphatic heterocycles. The van der Waals surface area contributed by atoms with Crippen molar-refractivity contribution in [3.63, 3.8) is 0 Å². The molecule has 0 saturated carbocycles. The standard InChI is InChI=1S/C38H56O4/c1-27(2)15-10-16-28(3)17-11-18-29(4)19-12-20-30(5)21-13-22-31(6)23-14-24-32(7)25-26-34-33(8)35(39)37(41)38(42-9)36(34)40/h15,17,19,21,23,25,41H,10-14,16,18,20,22,24,26H2,1-9H3/p-1/b28-17+,29-19+,30-21+,31-23+,32-25+. The van der Waals surface area contributed by atoms with Gasteiger partial charge in [0.25, 0.3) is 0 Å². The summed E-state index contributed by atoms with van der Waals surface area (Å²) >= 11 is 0. The molecule has 0 radical (unpaired) electrons. The van der Waals surface area contributed by atoms with Crippen LogP contribution in [0.15, 0.2) is 92.6 Å². The van der Waals surface area contributed by atoms with Crippen molar-refractivity contribution in [3.8, 4) is 0 Å². The molecule has 42 heavy (non-hydrogen) atoms. The van der Waals surface area contributed by atoms with Crippen LogP contribution in [0.4, 0.5) is 0 Å². The fourth-order valence-electron chi connectivity index (χ4n) is 4.81. The minimum atomic E-state index is -0.850. The summed E-state index contributed by atoms with van der Waals surface area (Å²) in [5, 5.41) is 11.9. The van der Waals surface area contributed by atoms with Crippen molar-refractivity contribution in [2.75, 3.05) is 7.11 Å². The smallest absolute Gasteiger partial charge is 0.223 e. The zero-order valence-electron chi connectivity index (χ0n) is 27.9. The summed E-state index contributed by atoms with van der Waals surface area (Å²) in [5.41, 5.74) is 8.95. The van der Waals surface area contributed by atoms with E-state index in [1.165, 1.54) is 35.0 Å². The van der Waals surface area contributed by atoms with Gasteiger partial charge in [-0.15, -0.1) is 0 Å². The van der Waals surface area contributed by atoms with E-state index >= 15 is 0 Å². The molecule has 0 amide bonds. The van der Waals surface area contributed by atoms with Crippen LogP contribution in [0.5, 0.6) is 0 Å². The molecule has 1 rings (SSSR count). The van der Waals surface area contributed by atoms with E-state index in [0.29, 0.717) is 12.0 Å². The largest absolute Gasteiger partial charge is 0.867 e. The summed E-state index contributed by atoms with van der Waals surface area (Å²) in [4.78, 5) is 24.7. The lowest BCUT2D eigenvalue weighted by Crippen LogP contribution is -2.30. The molecule has 0 aromatic heterocycles. The summed E-state index contributed by atoms with van der Waals surface area (Å²) in [7, 11) is 1.25. The fraction of sp³-hybridized carbons (Fsp3) is 0.526. The van der Waals surface area contributed by atoms with E-state index in [1.807, 2.05) is 13.0 Å². The van der Waals surface area contributed by atoms with Crippen molar-refractivity contribution < 1.29 is 19.4 Å². The maximum absolute atomic E-state index is 12.5. The highest BCUT2D eigenvalue weighted by Crippen LogP contribution is 2.26. The number of methoxy groups -OCH3 is 1. The van der Waals surface area contributed by atoms with Crippen molar-refractivity contribution in [3.05, 3.63) is 92.6 Å². The Hall–Kier alpha value is -3.14. The second-order valence-corrected chi connectivity index (χ2v) is 12.1. The minimum Gasteiger partial charge on any atom is -0.867 e. The molecule has 232 valence electrons. The van der Waals surface area contributed by atoms with E-state index in [0.717, 1.165) is 69.8 Å². The summed E-state index contributed by atoms with van der Waals surface area (Å²) in [6.07, 6.45) is 24.8. The quantitative estimate of drug-likeness (QED) is 0.121. The van der Waals surface area contributed by atoms with Gasteiger partial charge in [0.2, 0.25) is 5.78 Å². The van der Waals surface area contributed by atoms with Crippen LogP contribution in [0.3, 0.4) is 0 Å². The van der Waals surface area contributed by atoms with Crippen molar-refractivity contribution in [2.45, 2.75) is 126 Å². The molecule has 1 aliphatic rings. The predicted octanol–water partition coefficient (Wildman–Crippen LogP) is 9.66. The first-order valence-corrected chi connectivity index (χ1v) is 15.5. The zero-order valence-corrected chi connectivity index (χ0v) is 27.9. The molecule has 0 N–H and O–H groups in total. The van der Waals surface area contributed by atoms with Crippen LogP contribution in [-0.2, 0) is 14.3 Å². The molecule has 0 spiro atoms. The number of Topliss-reactive ketones (excluding diaryl/α,β-unsaturated/α-hetero) is 2. The maximum Gasteiger partial charge on any atom is 0.223 e. The van der Waals surface area contributed by atoms with Crippen LogP contribution >= 0.6 is 0 Å². The molecular weight excluding hydrogens is 520 g/mol. The summed E-state index contributed by atoms with van der Waals surface area (Å²) in [6.45, 7) is 16.8. The minimum absolute atomic E-state index is 0.226. The normalized spacial score (nSPS) is 16.1. The molecule has 0 aromatic carbocycles. The first-order chi connectivity index (χ1) is 19.9. The first kappa shape index (κ1) is 36.9. The van der Waals surface area contributed by atoms with Crippen molar-refractivity contribution in [1.82, 2.24) is 0 Å². The van der Waals surface area contributed by atoms with Gasteiger partial charge in [0.15, 0.2) is 11.5 Å². The van der Waals surface area contributed by atoms with Crippen molar-refractivity contribution >= 4 is 11.6 Å². The van der Waals surface area contributed by atoms with Crippen LogP contribution in [0.2, 0.25) is 0 Å². The van der Waals surface area contributed by atoms with Gasteiger partial charge in [-0.3, -0.25) is 9.59 Å². The van der Waals surface area contributed by atoms with Gasteiger partial charge >= 0.3 is 0 Å². The van der Waals surface area contributed by atoms with Gasteiger partial charge in [-0.05, 0) is 132 Å². The van der Waals surface area contributed by atoms with Gasteiger partial charge in [-0.25, -0.2) is 0 Å². The van der Waals surface area contributed by atoms with E-state index in [4.69, 9.17) is 4.74 Å². The van der Waals surface area contributed by atoms with Gasteiger partial charge in [-0.2, -0.15) is 0 Å². The highest BCUT2D eigenvalue weighted by atomic mass is 16.5. The van der Waals surface area contributed by atoms with Gasteiger partial charge in [-0.1, -0.05) is 69.9 Å². The van der Waals surface area contributed by atoms with E-state index in [-0.39, 0.29) is 11.3 Å². The van der Waals surface area contributed by atoms with Crippen LogP contribution in [0.1, 0.15) is 126 Å². The maximum atomic E-state index is 12.5. The average molecular weight is 576 g/mol. The fourth-order valence-corrected chi connectivity index (χ4v) is 4.81. The molecule has 0 aromatic rings. The molecular formula is C38H55O4-. The first-order valence-electron chi connectivity index (χ1n) is 15.5.